The molecule has 0 saturated carbocycles. The summed E-state index contributed by atoms with van der Waals surface area (Å²) in [5.41, 5.74) is 0.686. The van der Waals surface area contributed by atoms with Crippen LogP contribution in [0.25, 0.3) is 0 Å². The van der Waals surface area contributed by atoms with E-state index in [-0.39, 0.29) is 16.9 Å². The Hall–Kier alpha value is -1.16. The first-order chi connectivity index (χ1) is 7.97. The summed E-state index contributed by atoms with van der Waals surface area (Å²) in [7, 11) is 0. The van der Waals surface area contributed by atoms with Gasteiger partial charge < -0.3 is 9.72 Å². The number of aromatic amines is 1. The van der Waals surface area contributed by atoms with Gasteiger partial charge in [0, 0.05) is 24.0 Å². The summed E-state index contributed by atoms with van der Waals surface area (Å²) in [6, 6.07) is 1.59. The normalized spacial score (nSPS) is 21.5. The monoisotopic (exact) mass is 236 g/mol. The van der Waals surface area contributed by atoms with Gasteiger partial charge in [0.1, 0.15) is 5.82 Å². The summed E-state index contributed by atoms with van der Waals surface area (Å²) in [4.78, 5) is 19.1. The predicted octanol–water partition coefficient (Wildman–Crippen LogP) is 1.96. The third-order valence-corrected chi connectivity index (χ3v) is 3.08. The van der Waals surface area contributed by atoms with Crippen LogP contribution in [0.2, 0.25) is 0 Å². The molecule has 1 atom stereocenters. The van der Waals surface area contributed by atoms with Gasteiger partial charge in [-0.05, 0) is 12.8 Å². The molecule has 0 aromatic carbocycles. The van der Waals surface area contributed by atoms with Crippen LogP contribution in [0.5, 0.6) is 0 Å². The minimum absolute atomic E-state index is 0.0644. The molecule has 0 bridgehead atoms. The van der Waals surface area contributed by atoms with Crippen molar-refractivity contribution < 1.29 is 4.74 Å². The van der Waals surface area contributed by atoms with Crippen molar-refractivity contribution in [2.24, 2.45) is 0 Å². The molecule has 4 heteroatoms. The average Bonchev–Trinajstić information content (AvgIpc) is 2.28. The predicted molar refractivity (Wildman–Crippen MR) is 66.4 cm³/mol. The van der Waals surface area contributed by atoms with Crippen LogP contribution in [-0.4, -0.2) is 23.2 Å². The van der Waals surface area contributed by atoms with Crippen LogP contribution in [0.3, 0.4) is 0 Å². The SMILES string of the molecule is CC(C)(C)c1cc(=O)[nH]c(C2CCCOC2)n1. The second-order valence-electron chi connectivity index (χ2n) is 5.68. The van der Waals surface area contributed by atoms with E-state index in [1.807, 2.05) is 0 Å². The van der Waals surface area contributed by atoms with E-state index in [0.29, 0.717) is 6.61 Å². The van der Waals surface area contributed by atoms with Crippen molar-refractivity contribution in [2.75, 3.05) is 13.2 Å². The van der Waals surface area contributed by atoms with Gasteiger partial charge in [-0.2, -0.15) is 0 Å². The van der Waals surface area contributed by atoms with Gasteiger partial charge in [-0.15, -0.1) is 0 Å². The lowest BCUT2D eigenvalue weighted by molar-refractivity contribution is 0.0778. The lowest BCUT2D eigenvalue weighted by Crippen LogP contribution is -2.25. The van der Waals surface area contributed by atoms with E-state index in [1.165, 1.54) is 0 Å². The Kier molecular flexibility index (Phi) is 3.33. The number of hydrogen-bond donors (Lipinski definition) is 1. The van der Waals surface area contributed by atoms with E-state index >= 15 is 0 Å². The van der Waals surface area contributed by atoms with E-state index in [0.717, 1.165) is 31.0 Å². The maximum absolute atomic E-state index is 11.7. The van der Waals surface area contributed by atoms with Gasteiger partial charge in [-0.25, -0.2) is 4.98 Å². The lowest BCUT2D eigenvalue weighted by atomic mass is 9.91. The summed E-state index contributed by atoms with van der Waals surface area (Å²) < 4.78 is 5.44. The fourth-order valence-electron chi connectivity index (χ4n) is 2.01. The molecule has 1 N–H and O–H groups in total. The van der Waals surface area contributed by atoms with Gasteiger partial charge in [-0.3, -0.25) is 4.79 Å². The number of nitrogens with one attached hydrogen (secondary N) is 1. The van der Waals surface area contributed by atoms with Crippen molar-refractivity contribution in [3.63, 3.8) is 0 Å². The topological polar surface area (TPSA) is 55.0 Å². The van der Waals surface area contributed by atoms with E-state index in [1.54, 1.807) is 6.07 Å². The second-order valence-corrected chi connectivity index (χ2v) is 5.68. The molecule has 1 aliphatic rings. The van der Waals surface area contributed by atoms with E-state index in [9.17, 15) is 4.79 Å². The third-order valence-electron chi connectivity index (χ3n) is 3.08. The molecule has 1 fully saturated rings. The fraction of sp³-hybridized carbons (Fsp3) is 0.692. The number of H-pyrrole nitrogens is 1. The zero-order chi connectivity index (χ0) is 12.5. The highest BCUT2D eigenvalue weighted by Gasteiger charge is 2.22. The molecule has 2 heterocycles. The zero-order valence-corrected chi connectivity index (χ0v) is 10.7. The molecule has 1 saturated heterocycles. The molecule has 4 nitrogen and oxygen atoms in total. The molecule has 0 amide bonds. The highest BCUT2D eigenvalue weighted by Crippen LogP contribution is 2.24. The van der Waals surface area contributed by atoms with Gasteiger partial charge in [0.05, 0.1) is 12.3 Å². The maximum atomic E-state index is 11.7. The first-order valence-electron chi connectivity index (χ1n) is 6.16. The van der Waals surface area contributed by atoms with Crippen molar-refractivity contribution in [1.29, 1.82) is 0 Å². The number of nitrogens with zero attached hydrogens (tertiary/aromatic N) is 1. The van der Waals surface area contributed by atoms with Crippen molar-refractivity contribution in [3.8, 4) is 0 Å². The van der Waals surface area contributed by atoms with Crippen molar-refractivity contribution in [1.82, 2.24) is 9.97 Å². The smallest absolute Gasteiger partial charge is 0.251 e. The highest BCUT2D eigenvalue weighted by atomic mass is 16.5. The molecule has 0 aliphatic carbocycles. The van der Waals surface area contributed by atoms with Crippen LogP contribution in [0, 0.1) is 0 Å². The second kappa shape index (κ2) is 4.61. The van der Waals surface area contributed by atoms with Crippen LogP contribution in [0.4, 0.5) is 0 Å². The van der Waals surface area contributed by atoms with Crippen LogP contribution in [0.15, 0.2) is 10.9 Å². The van der Waals surface area contributed by atoms with Gasteiger partial charge in [0.15, 0.2) is 0 Å². The molecule has 1 aliphatic heterocycles. The Morgan fingerprint density at radius 3 is 2.82 bits per heavy atom. The van der Waals surface area contributed by atoms with Gasteiger partial charge >= 0.3 is 0 Å². The minimum atomic E-state index is -0.0987. The maximum Gasteiger partial charge on any atom is 0.251 e. The quantitative estimate of drug-likeness (QED) is 0.811. The van der Waals surface area contributed by atoms with E-state index in [4.69, 9.17) is 4.74 Å². The summed E-state index contributed by atoms with van der Waals surface area (Å²) in [5.74, 6) is 1.01. The van der Waals surface area contributed by atoms with Gasteiger partial charge in [0.2, 0.25) is 0 Å². The minimum Gasteiger partial charge on any atom is -0.381 e. The summed E-state index contributed by atoms with van der Waals surface area (Å²) in [6.07, 6.45) is 2.07. The van der Waals surface area contributed by atoms with Crippen LogP contribution in [-0.2, 0) is 10.2 Å². The molecular weight excluding hydrogens is 216 g/mol. The van der Waals surface area contributed by atoms with Crippen molar-refractivity contribution in [3.05, 3.63) is 27.9 Å². The molecule has 0 spiro atoms. The molecule has 94 valence electrons. The third kappa shape index (κ3) is 2.94. The number of hydrogen-bond acceptors (Lipinski definition) is 3. The fourth-order valence-corrected chi connectivity index (χ4v) is 2.01. The Bertz CT molecular complexity index is 439. The summed E-state index contributed by atoms with van der Waals surface area (Å²) in [5, 5.41) is 0. The number of aromatic nitrogens is 2. The Labute approximate surface area is 101 Å². The molecular formula is C13H20N2O2. The van der Waals surface area contributed by atoms with E-state index < -0.39 is 0 Å². The summed E-state index contributed by atoms with van der Waals surface area (Å²) >= 11 is 0. The molecule has 0 radical (unpaired) electrons. The molecule has 1 unspecified atom stereocenters. The number of ether oxygens (including phenoxy) is 1. The average molecular weight is 236 g/mol. The van der Waals surface area contributed by atoms with Crippen molar-refractivity contribution >= 4 is 0 Å². The molecule has 17 heavy (non-hydrogen) atoms. The molecule has 1 aromatic heterocycles. The van der Waals surface area contributed by atoms with Crippen molar-refractivity contribution in [2.45, 2.75) is 44.9 Å². The van der Waals surface area contributed by atoms with E-state index in [2.05, 4.69) is 30.7 Å². The number of rotatable bonds is 1. The Balaban J connectivity index is 2.34. The highest BCUT2D eigenvalue weighted by molar-refractivity contribution is 5.14. The van der Waals surface area contributed by atoms with Crippen LogP contribution >= 0.6 is 0 Å². The Morgan fingerprint density at radius 2 is 2.24 bits per heavy atom. The lowest BCUT2D eigenvalue weighted by Gasteiger charge is -2.23. The van der Waals surface area contributed by atoms with Gasteiger partial charge in [-0.1, -0.05) is 20.8 Å². The standard InChI is InChI=1S/C13H20N2O2/c1-13(2,3)10-7-11(16)15-12(14-10)9-5-4-6-17-8-9/h7,9H,4-6,8H2,1-3H3,(H,14,15,16). The first-order valence-corrected chi connectivity index (χ1v) is 6.16. The first kappa shape index (κ1) is 12.3. The Morgan fingerprint density at radius 1 is 1.47 bits per heavy atom. The zero-order valence-electron chi connectivity index (χ0n) is 10.7. The molecule has 2 rings (SSSR count). The van der Waals surface area contributed by atoms with Crippen LogP contribution < -0.4 is 5.56 Å². The largest absolute Gasteiger partial charge is 0.381 e. The molecule has 1 aromatic rings. The van der Waals surface area contributed by atoms with Gasteiger partial charge in [0.25, 0.3) is 5.56 Å². The summed E-state index contributed by atoms with van der Waals surface area (Å²) in [6.45, 7) is 7.68. The van der Waals surface area contributed by atoms with Crippen LogP contribution in [0.1, 0.15) is 51.0 Å².